The summed E-state index contributed by atoms with van der Waals surface area (Å²) in [5.74, 6) is -0.835. The monoisotopic (exact) mass is 359 g/mol. The van der Waals surface area contributed by atoms with Crippen LogP contribution in [0.3, 0.4) is 0 Å². The highest BCUT2D eigenvalue weighted by molar-refractivity contribution is 7.87. The smallest absolute Gasteiger partial charge is 0.354 e. The second-order valence-electron chi connectivity index (χ2n) is 4.47. The van der Waals surface area contributed by atoms with Gasteiger partial charge in [0, 0.05) is 36.6 Å². The van der Waals surface area contributed by atoms with Crippen LogP contribution in [0.5, 0.6) is 0 Å². The Bertz CT molecular complexity index is 803. The Morgan fingerprint density at radius 1 is 1.35 bits per heavy atom. The quantitative estimate of drug-likeness (QED) is 0.415. The summed E-state index contributed by atoms with van der Waals surface area (Å²) in [5, 5.41) is 17.3. The van der Waals surface area contributed by atoms with Crippen molar-refractivity contribution in [2.24, 2.45) is 5.14 Å². The Morgan fingerprint density at radius 3 is 2.61 bits per heavy atom. The van der Waals surface area contributed by atoms with E-state index in [1.165, 1.54) is 12.3 Å². The fourth-order valence-electron chi connectivity index (χ4n) is 1.96. The summed E-state index contributed by atoms with van der Waals surface area (Å²) in [7, 11) is -4.21. The molecule has 0 aliphatic carbocycles. The van der Waals surface area contributed by atoms with E-state index in [1.54, 1.807) is 12.1 Å². The highest BCUT2D eigenvalue weighted by atomic mass is 35.5. The second-order valence-corrected chi connectivity index (χ2v) is 6.16. The van der Waals surface area contributed by atoms with Crippen molar-refractivity contribution >= 4 is 33.8 Å². The molecular formula is C12H14ClN5O4S. The minimum absolute atomic E-state index is 0.202. The number of pyridine rings is 1. The van der Waals surface area contributed by atoms with Gasteiger partial charge in [0.25, 0.3) is 0 Å². The molecule has 2 heterocycles. The fraction of sp³-hybridized carbons (Fsp3) is 0.167. The lowest BCUT2D eigenvalue weighted by molar-refractivity contribution is 0.0690. The Morgan fingerprint density at radius 2 is 2.09 bits per heavy atom. The van der Waals surface area contributed by atoms with E-state index < -0.39 is 21.9 Å². The number of rotatable bonds is 7. The van der Waals surface area contributed by atoms with Crippen molar-refractivity contribution in [1.29, 1.82) is 0 Å². The molecule has 11 heteroatoms. The Hall–Kier alpha value is -2.14. The maximum Gasteiger partial charge on any atom is 0.354 e. The van der Waals surface area contributed by atoms with Crippen LogP contribution >= 0.6 is 11.8 Å². The molecule has 23 heavy (non-hydrogen) atoms. The summed E-state index contributed by atoms with van der Waals surface area (Å²) in [6.07, 6.45) is 2.53. The maximum atomic E-state index is 11.4. The van der Waals surface area contributed by atoms with E-state index in [0.29, 0.717) is 28.4 Å². The Balaban J connectivity index is 2.35. The fourth-order valence-corrected chi connectivity index (χ4v) is 2.72. The van der Waals surface area contributed by atoms with Crippen LogP contribution in [0.2, 0.25) is 0 Å². The van der Waals surface area contributed by atoms with Crippen molar-refractivity contribution in [3.63, 3.8) is 0 Å². The summed E-state index contributed by atoms with van der Waals surface area (Å²) in [6, 6.07) is 4.62. The number of aromatic carboxylic acids is 1. The zero-order valence-corrected chi connectivity index (χ0v) is 13.3. The Labute approximate surface area is 137 Å². The summed E-state index contributed by atoms with van der Waals surface area (Å²) in [6.45, 7) is 1.09. The van der Waals surface area contributed by atoms with Crippen molar-refractivity contribution in [1.82, 2.24) is 13.8 Å². The highest BCUT2D eigenvalue weighted by Crippen LogP contribution is 2.26. The first kappa shape index (κ1) is 17.2. The SMILES string of the molecule is NS(=O)(=O)n1ccc(-c2ccc(NCCNCl)nc2)c1C(=O)O. The molecule has 0 aliphatic heterocycles. The summed E-state index contributed by atoms with van der Waals surface area (Å²) >= 11 is 5.33. The van der Waals surface area contributed by atoms with Crippen LogP contribution in [-0.2, 0) is 10.2 Å². The van der Waals surface area contributed by atoms with Gasteiger partial charge in [-0.3, -0.25) is 0 Å². The lowest BCUT2D eigenvalue weighted by atomic mass is 10.1. The molecule has 124 valence electrons. The first-order valence-electron chi connectivity index (χ1n) is 6.36. The number of nitrogens with two attached hydrogens (primary N) is 1. The molecule has 2 rings (SSSR count). The molecule has 0 unspecified atom stereocenters. The van der Waals surface area contributed by atoms with E-state index in [1.807, 2.05) is 0 Å². The van der Waals surface area contributed by atoms with Crippen molar-refractivity contribution in [2.45, 2.75) is 0 Å². The molecule has 0 atom stereocenters. The second kappa shape index (κ2) is 6.96. The van der Waals surface area contributed by atoms with Crippen LogP contribution in [0.1, 0.15) is 10.5 Å². The van der Waals surface area contributed by atoms with Gasteiger partial charge in [-0.05, 0) is 30.0 Å². The van der Waals surface area contributed by atoms with Gasteiger partial charge >= 0.3 is 16.2 Å². The third-order valence-corrected chi connectivity index (χ3v) is 3.97. The van der Waals surface area contributed by atoms with Crippen molar-refractivity contribution in [3.8, 4) is 11.1 Å². The van der Waals surface area contributed by atoms with E-state index in [4.69, 9.17) is 16.9 Å². The van der Waals surface area contributed by atoms with Gasteiger partial charge in [0.2, 0.25) is 0 Å². The minimum Gasteiger partial charge on any atom is -0.477 e. The molecule has 0 spiro atoms. The zero-order chi connectivity index (χ0) is 17.0. The lowest BCUT2D eigenvalue weighted by Gasteiger charge is -2.07. The standard InChI is InChI=1S/C12H14ClN5O4S/c13-17-5-4-15-10-2-1-8(7-16-10)9-3-6-18(23(14,21)22)11(9)12(19)20/h1-3,6-7,17H,4-5H2,(H,15,16)(H,19,20)(H2,14,21,22). The number of hydrogen-bond donors (Lipinski definition) is 4. The number of carboxylic acid groups (broad SMARTS) is 1. The van der Waals surface area contributed by atoms with Crippen LogP contribution in [0.4, 0.5) is 5.82 Å². The summed E-state index contributed by atoms with van der Waals surface area (Å²) in [5.41, 5.74) is 0.208. The first-order valence-corrected chi connectivity index (χ1v) is 8.24. The first-order chi connectivity index (χ1) is 10.8. The molecule has 2 aromatic heterocycles. The Kier molecular flexibility index (Phi) is 5.21. The van der Waals surface area contributed by atoms with E-state index in [0.717, 1.165) is 6.20 Å². The molecule has 0 aliphatic rings. The van der Waals surface area contributed by atoms with Gasteiger partial charge in [0.15, 0.2) is 5.69 Å². The molecule has 0 saturated carbocycles. The number of halogens is 1. The van der Waals surface area contributed by atoms with E-state index >= 15 is 0 Å². The molecule has 0 bridgehead atoms. The van der Waals surface area contributed by atoms with Gasteiger partial charge in [-0.15, -0.1) is 0 Å². The van der Waals surface area contributed by atoms with Crippen LogP contribution in [0, 0.1) is 0 Å². The molecule has 0 aromatic carbocycles. The maximum absolute atomic E-state index is 11.4. The van der Waals surface area contributed by atoms with Gasteiger partial charge in [-0.1, -0.05) is 0 Å². The number of nitrogens with zero attached hydrogens (tertiary/aromatic N) is 2. The molecule has 0 saturated heterocycles. The van der Waals surface area contributed by atoms with Gasteiger partial charge in [-0.2, -0.15) is 8.42 Å². The average molecular weight is 360 g/mol. The summed E-state index contributed by atoms with van der Waals surface area (Å²) < 4.78 is 23.4. The van der Waals surface area contributed by atoms with Gasteiger partial charge in [0.1, 0.15) is 5.82 Å². The van der Waals surface area contributed by atoms with Crippen molar-refractivity contribution < 1.29 is 18.3 Å². The number of hydrogen-bond acceptors (Lipinski definition) is 6. The third-order valence-electron chi connectivity index (χ3n) is 2.93. The average Bonchev–Trinajstić information content (AvgIpc) is 2.93. The van der Waals surface area contributed by atoms with Crippen molar-refractivity contribution in [2.75, 3.05) is 18.4 Å². The van der Waals surface area contributed by atoms with Crippen LogP contribution < -0.4 is 15.3 Å². The predicted octanol–water partition coefficient (Wildman–Crippen LogP) is 0.455. The number of nitrogens with one attached hydrogen (secondary N) is 2. The lowest BCUT2D eigenvalue weighted by Crippen LogP contribution is -2.24. The molecule has 0 radical (unpaired) electrons. The molecular weight excluding hydrogens is 346 g/mol. The minimum atomic E-state index is -4.21. The predicted molar refractivity (Wildman–Crippen MR) is 85.5 cm³/mol. The number of aromatic nitrogens is 2. The normalized spacial score (nSPS) is 11.4. The largest absolute Gasteiger partial charge is 0.477 e. The van der Waals surface area contributed by atoms with E-state index in [2.05, 4.69) is 15.1 Å². The third kappa shape index (κ3) is 3.99. The van der Waals surface area contributed by atoms with Crippen LogP contribution in [0.25, 0.3) is 11.1 Å². The molecule has 9 nitrogen and oxygen atoms in total. The van der Waals surface area contributed by atoms with Gasteiger partial charge in [-0.25, -0.2) is 23.7 Å². The van der Waals surface area contributed by atoms with Gasteiger partial charge < -0.3 is 10.4 Å². The molecule has 0 amide bonds. The van der Waals surface area contributed by atoms with E-state index in [-0.39, 0.29) is 5.56 Å². The molecule has 2 aromatic rings. The van der Waals surface area contributed by atoms with Crippen LogP contribution in [-0.4, -0.2) is 41.5 Å². The molecule has 0 fully saturated rings. The number of carbonyl (C=O) groups is 1. The van der Waals surface area contributed by atoms with E-state index in [9.17, 15) is 18.3 Å². The number of carboxylic acids is 1. The summed E-state index contributed by atoms with van der Waals surface area (Å²) in [4.78, 5) is 18.0. The highest BCUT2D eigenvalue weighted by Gasteiger charge is 2.22. The van der Waals surface area contributed by atoms with Crippen LogP contribution in [0.15, 0.2) is 30.6 Å². The van der Waals surface area contributed by atoms with Crippen molar-refractivity contribution in [3.05, 3.63) is 36.3 Å². The topological polar surface area (TPSA) is 139 Å². The zero-order valence-electron chi connectivity index (χ0n) is 11.7. The van der Waals surface area contributed by atoms with Gasteiger partial charge in [0.05, 0.1) is 0 Å². The molecule has 5 N–H and O–H groups in total. The number of anilines is 1.